The molecule has 0 aliphatic carbocycles. The van der Waals surface area contributed by atoms with Gasteiger partial charge in [-0.2, -0.15) is 5.10 Å². The molecule has 1 aromatic heterocycles. The molecule has 2 aromatic rings. The number of nitrogens with zero attached hydrogens (tertiary/aromatic N) is 4. The number of piperazine rings is 1. The van der Waals surface area contributed by atoms with E-state index >= 15 is 0 Å². The quantitative estimate of drug-likeness (QED) is 0.862. The van der Waals surface area contributed by atoms with Gasteiger partial charge in [0.05, 0.1) is 5.69 Å². The van der Waals surface area contributed by atoms with E-state index in [0.717, 1.165) is 18.8 Å². The van der Waals surface area contributed by atoms with E-state index in [0.29, 0.717) is 24.7 Å². The van der Waals surface area contributed by atoms with Gasteiger partial charge in [0.1, 0.15) is 0 Å². The SMILES string of the molecule is Cc1cccc(N2CCN(C(=O)c3ccc(C(C)C)nn3)CC2)c1C. The minimum absolute atomic E-state index is 0.0246. The van der Waals surface area contributed by atoms with Crippen molar-refractivity contribution in [3.05, 3.63) is 52.8 Å². The van der Waals surface area contributed by atoms with Crippen molar-refractivity contribution < 1.29 is 4.79 Å². The number of hydrogen-bond donors (Lipinski definition) is 0. The van der Waals surface area contributed by atoms with Crippen molar-refractivity contribution in [2.45, 2.75) is 33.6 Å². The van der Waals surface area contributed by atoms with Crippen LogP contribution in [0, 0.1) is 13.8 Å². The molecule has 1 aromatic carbocycles. The van der Waals surface area contributed by atoms with E-state index < -0.39 is 0 Å². The summed E-state index contributed by atoms with van der Waals surface area (Å²) in [7, 11) is 0. The Morgan fingerprint density at radius 3 is 2.32 bits per heavy atom. The second-order valence-electron chi connectivity index (χ2n) is 7.00. The normalized spacial score (nSPS) is 14.9. The minimum Gasteiger partial charge on any atom is -0.368 e. The predicted octanol–water partition coefficient (Wildman–Crippen LogP) is 3.18. The van der Waals surface area contributed by atoms with Crippen molar-refractivity contribution in [1.82, 2.24) is 15.1 Å². The van der Waals surface area contributed by atoms with Gasteiger partial charge >= 0.3 is 0 Å². The van der Waals surface area contributed by atoms with Gasteiger partial charge in [-0.15, -0.1) is 5.10 Å². The fourth-order valence-corrected chi connectivity index (χ4v) is 3.16. The van der Waals surface area contributed by atoms with Crippen LogP contribution in [0.15, 0.2) is 30.3 Å². The largest absolute Gasteiger partial charge is 0.368 e. The smallest absolute Gasteiger partial charge is 0.274 e. The lowest BCUT2D eigenvalue weighted by Gasteiger charge is -2.36. The molecule has 5 heteroatoms. The topological polar surface area (TPSA) is 49.3 Å². The van der Waals surface area contributed by atoms with Gasteiger partial charge in [-0.25, -0.2) is 0 Å². The number of anilines is 1. The maximum atomic E-state index is 12.7. The summed E-state index contributed by atoms with van der Waals surface area (Å²) < 4.78 is 0. The Hall–Kier alpha value is -2.43. The number of rotatable bonds is 3. The maximum absolute atomic E-state index is 12.7. The molecule has 25 heavy (non-hydrogen) atoms. The van der Waals surface area contributed by atoms with E-state index in [2.05, 4.69) is 61.0 Å². The second kappa shape index (κ2) is 7.21. The van der Waals surface area contributed by atoms with Crippen molar-refractivity contribution in [2.75, 3.05) is 31.1 Å². The monoisotopic (exact) mass is 338 g/mol. The number of benzene rings is 1. The number of carbonyl (C=O) groups excluding carboxylic acids is 1. The molecule has 0 spiro atoms. The molecule has 3 rings (SSSR count). The van der Waals surface area contributed by atoms with Gasteiger partial charge in [-0.1, -0.05) is 26.0 Å². The standard InChI is InChI=1S/C20H26N4O/c1-14(2)17-8-9-18(22-21-17)20(25)24-12-10-23(11-13-24)19-7-5-6-15(3)16(19)4/h5-9,14H,10-13H2,1-4H3. The second-order valence-corrected chi connectivity index (χ2v) is 7.00. The first-order valence-corrected chi connectivity index (χ1v) is 8.91. The molecule has 1 fully saturated rings. The Kier molecular flexibility index (Phi) is 5.02. The summed E-state index contributed by atoms with van der Waals surface area (Å²) in [5, 5.41) is 8.29. The van der Waals surface area contributed by atoms with Crippen molar-refractivity contribution in [3.8, 4) is 0 Å². The van der Waals surface area contributed by atoms with Gasteiger partial charge in [0.2, 0.25) is 0 Å². The summed E-state index contributed by atoms with van der Waals surface area (Å²) in [6.45, 7) is 11.5. The third-order valence-electron chi connectivity index (χ3n) is 4.98. The summed E-state index contributed by atoms with van der Waals surface area (Å²) in [6, 6.07) is 10.1. The molecule has 2 heterocycles. The Morgan fingerprint density at radius 2 is 1.72 bits per heavy atom. The molecule has 1 aliphatic rings. The van der Waals surface area contributed by atoms with Crippen LogP contribution in [0.5, 0.6) is 0 Å². The van der Waals surface area contributed by atoms with Crippen molar-refractivity contribution in [2.24, 2.45) is 0 Å². The highest BCUT2D eigenvalue weighted by Gasteiger charge is 2.24. The molecule has 0 N–H and O–H groups in total. The fourth-order valence-electron chi connectivity index (χ4n) is 3.16. The first-order valence-electron chi connectivity index (χ1n) is 8.91. The molecule has 0 saturated carbocycles. The highest BCUT2D eigenvalue weighted by molar-refractivity contribution is 5.92. The van der Waals surface area contributed by atoms with E-state index in [1.54, 1.807) is 6.07 Å². The van der Waals surface area contributed by atoms with Crippen LogP contribution in [0.1, 0.15) is 47.1 Å². The van der Waals surface area contributed by atoms with Gasteiger partial charge in [0.25, 0.3) is 5.91 Å². The third kappa shape index (κ3) is 3.65. The molecule has 132 valence electrons. The summed E-state index contributed by atoms with van der Waals surface area (Å²) in [5.41, 5.74) is 5.24. The van der Waals surface area contributed by atoms with Crippen molar-refractivity contribution >= 4 is 11.6 Å². The highest BCUT2D eigenvalue weighted by Crippen LogP contribution is 2.24. The van der Waals surface area contributed by atoms with Gasteiger partial charge in [-0.3, -0.25) is 4.79 Å². The van der Waals surface area contributed by atoms with E-state index in [-0.39, 0.29) is 5.91 Å². The van der Waals surface area contributed by atoms with Crippen LogP contribution in [0.4, 0.5) is 5.69 Å². The molecule has 1 saturated heterocycles. The zero-order chi connectivity index (χ0) is 18.0. The Labute approximate surface area is 149 Å². The van der Waals surface area contributed by atoms with Crippen molar-refractivity contribution in [1.29, 1.82) is 0 Å². The lowest BCUT2D eigenvalue weighted by atomic mass is 10.1. The number of hydrogen-bond acceptors (Lipinski definition) is 4. The van der Waals surface area contributed by atoms with Gasteiger partial charge in [0, 0.05) is 31.9 Å². The zero-order valence-electron chi connectivity index (χ0n) is 15.5. The fraction of sp³-hybridized carbons (Fsp3) is 0.450. The predicted molar refractivity (Wildman–Crippen MR) is 100 cm³/mol. The first-order chi connectivity index (χ1) is 12.0. The van der Waals surface area contributed by atoms with Crippen LogP contribution < -0.4 is 4.90 Å². The Morgan fingerprint density at radius 1 is 1.00 bits per heavy atom. The number of carbonyl (C=O) groups is 1. The van der Waals surface area contributed by atoms with E-state index in [4.69, 9.17) is 0 Å². The number of aryl methyl sites for hydroxylation is 1. The Balaban J connectivity index is 1.65. The van der Waals surface area contributed by atoms with Gasteiger partial charge in [-0.05, 0) is 49.1 Å². The maximum Gasteiger partial charge on any atom is 0.274 e. The van der Waals surface area contributed by atoms with Crippen molar-refractivity contribution in [3.63, 3.8) is 0 Å². The van der Waals surface area contributed by atoms with E-state index in [1.165, 1.54) is 16.8 Å². The van der Waals surface area contributed by atoms with Crippen LogP contribution >= 0.6 is 0 Å². The average Bonchev–Trinajstić information content (AvgIpc) is 2.64. The lowest BCUT2D eigenvalue weighted by Crippen LogP contribution is -2.49. The van der Waals surface area contributed by atoms with Gasteiger partial charge in [0.15, 0.2) is 5.69 Å². The molecule has 1 amide bonds. The summed E-state index contributed by atoms with van der Waals surface area (Å²) in [6.07, 6.45) is 0. The first kappa shape index (κ1) is 17.4. The molecule has 0 bridgehead atoms. The number of amides is 1. The summed E-state index contributed by atoms with van der Waals surface area (Å²) in [4.78, 5) is 16.9. The van der Waals surface area contributed by atoms with Crippen LogP contribution in [-0.4, -0.2) is 47.2 Å². The van der Waals surface area contributed by atoms with Crippen LogP contribution in [0.2, 0.25) is 0 Å². The minimum atomic E-state index is -0.0246. The molecule has 0 unspecified atom stereocenters. The zero-order valence-corrected chi connectivity index (χ0v) is 15.5. The van der Waals surface area contributed by atoms with Gasteiger partial charge < -0.3 is 9.80 Å². The Bertz CT molecular complexity index is 747. The molecule has 0 radical (unpaired) electrons. The molecule has 1 aliphatic heterocycles. The molecule has 0 atom stereocenters. The van der Waals surface area contributed by atoms with E-state index in [9.17, 15) is 4.79 Å². The van der Waals surface area contributed by atoms with Crippen LogP contribution in [-0.2, 0) is 0 Å². The molecular formula is C20H26N4O. The van der Waals surface area contributed by atoms with E-state index in [1.807, 2.05) is 11.0 Å². The lowest BCUT2D eigenvalue weighted by molar-refractivity contribution is 0.0739. The molecule has 5 nitrogen and oxygen atoms in total. The average molecular weight is 338 g/mol. The summed E-state index contributed by atoms with van der Waals surface area (Å²) in [5.74, 6) is 0.293. The third-order valence-corrected chi connectivity index (χ3v) is 4.98. The van der Waals surface area contributed by atoms with Crippen LogP contribution in [0.25, 0.3) is 0 Å². The number of aromatic nitrogens is 2. The van der Waals surface area contributed by atoms with Crippen LogP contribution in [0.3, 0.4) is 0 Å². The summed E-state index contributed by atoms with van der Waals surface area (Å²) >= 11 is 0. The highest BCUT2D eigenvalue weighted by atomic mass is 16.2. The molecular weight excluding hydrogens is 312 g/mol.